The third-order valence-electron chi connectivity index (χ3n) is 3.95. The zero-order valence-electron chi connectivity index (χ0n) is 11.1. The Morgan fingerprint density at radius 2 is 2.30 bits per heavy atom. The number of nitrogens with one attached hydrogen (secondary N) is 1. The van der Waals surface area contributed by atoms with Gasteiger partial charge in [-0.3, -0.25) is 14.9 Å². The molecule has 0 heterocycles. The van der Waals surface area contributed by atoms with Crippen LogP contribution in [0.25, 0.3) is 0 Å². The smallest absolute Gasteiger partial charge is 0.306 e. The number of rotatable bonds is 3. The lowest BCUT2D eigenvalue weighted by atomic mass is 9.84. The molecule has 7 heteroatoms. The predicted octanol–water partition coefficient (Wildman–Crippen LogP) is 2.19. The van der Waals surface area contributed by atoms with Crippen LogP contribution in [-0.2, 0) is 4.79 Å². The lowest BCUT2D eigenvalue weighted by Gasteiger charge is -2.27. The van der Waals surface area contributed by atoms with Crippen molar-refractivity contribution in [2.24, 2.45) is 11.1 Å². The Hall–Kier alpha value is -2.02. The number of nitrogens with zero attached hydrogens (tertiary/aromatic N) is 1. The highest BCUT2D eigenvalue weighted by Crippen LogP contribution is 2.37. The molecule has 2 unspecified atom stereocenters. The Labute approximate surface area is 115 Å². The minimum absolute atomic E-state index is 0.198. The number of carbonyl (C=O) groups is 1. The van der Waals surface area contributed by atoms with Crippen molar-refractivity contribution in [1.82, 2.24) is 0 Å². The van der Waals surface area contributed by atoms with Crippen molar-refractivity contribution >= 4 is 17.3 Å². The zero-order chi connectivity index (χ0) is 14.9. The molecule has 20 heavy (non-hydrogen) atoms. The first-order valence-electron chi connectivity index (χ1n) is 6.35. The van der Waals surface area contributed by atoms with Crippen LogP contribution in [0, 0.1) is 21.3 Å². The largest absolute Gasteiger partial charge is 0.327 e. The second-order valence-electron chi connectivity index (χ2n) is 5.29. The number of amides is 1. The summed E-state index contributed by atoms with van der Waals surface area (Å²) in [5.74, 6) is -1.22. The van der Waals surface area contributed by atoms with Gasteiger partial charge < -0.3 is 11.1 Å². The van der Waals surface area contributed by atoms with E-state index in [0.29, 0.717) is 6.42 Å². The summed E-state index contributed by atoms with van der Waals surface area (Å²) in [5.41, 5.74) is 4.78. The Kier molecular flexibility index (Phi) is 3.71. The van der Waals surface area contributed by atoms with Crippen LogP contribution in [-0.4, -0.2) is 16.9 Å². The monoisotopic (exact) mass is 281 g/mol. The predicted molar refractivity (Wildman–Crippen MR) is 71.6 cm³/mol. The molecule has 1 amide bonds. The minimum Gasteiger partial charge on any atom is -0.327 e. The molecule has 0 saturated heterocycles. The summed E-state index contributed by atoms with van der Waals surface area (Å²) in [4.78, 5) is 22.1. The first-order valence-corrected chi connectivity index (χ1v) is 6.35. The zero-order valence-corrected chi connectivity index (χ0v) is 11.1. The minimum atomic E-state index is -0.934. The molecule has 2 atom stereocenters. The Bertz CT molecular complexity index is 564. The van der Waals surface area contributed by atoms with Gasteiger partial charge in [0.05, 0.1) is 10.3 Å². The van der Waals surface area contributed by atoms with Gasteiger partial charge in [0.15, 0.2) is 0 Å². The van der Waals surface area contributed by atoms with E-state index in [1.807, 2.05) is 0 Å². The highest BCUT2D eigenvalue weighted by molar-refractivity contribution is 5.96. The summed E-state index contributed by atoms with van der Waals surface area (Å²) in [5, 5.41) is 13.3. The Morgan fingerprint density at radius 3 is 2.85 bits per heavy atom. The maximum absolute atomic E-state index is 13.2. The number of hydrogen-bond donors (Lipinski definition) is 2. The number of carbonyl (C=O) groups excluding carboxylic acids is 1. The van der Waals surface area contributed by atoms with Crippen molar-refractivity contribution < 1.29 is 14.1 Å². The number of halogens is 1. The lowest BCUT2D eigenvalue weighted by molar-refractivity contribution is -0.387. The molecule has 0 bridgehead atoms. The Balaban J connectivity index is 2.20. The van der Waals surface area contributed by atoms with Gasteiger partial charge in [-0.15, -0.1) is 0 Å². The van der Waals surface area contributed by atoms with E-state index in [-0.39, 0.29) is 17.6 Å². The van der Waals surface area contributed by atoms with Crippen LogP contribution in [0.1, 0.15) is 26.2 Å². The molecule has 0 aliphatic heterocycles. The average molecular weight is 281 g/mol. The fourth-order valence-corrected chi connectivity index (χ4v) is 2.48. The van der Waals surface area contributed by atoms with Gasteiger partial charge in [0.25, 0.3) is 0 Å². The highest BCUT2D eigenvalue weighted by atomic mass is 19.1. The van der Waals surface area contributed by atoms with Crippen LogP contribution in [0.2, 0.25) is 0 Å². The summed E-state index contributed by atoms with van der Waals surface area (Å²) >= 11 is 0. The number of hydrogen-bond acceptors (Lipinski definition) is 4. The van der Waals surface area contributed by atoms with Crippen molar-refractivity contribution in [1.29, 1.82) is 0 Å². The molecule has 1 saturated carbocycles. The Morgan fingerprint density at radius 1 is 1.60 bits per heavy atom. The summed E-state index contributed by atoms with van der Waals surface area (Å²) in [6.45, 7) is 1.78. The summed E-state index contributed by atoms with van der Waals surface area (Å²) in [6, 6.07) is 3.03. The van der Waals surface area contributed by atoms with Crippen molar-refractivity contribution in [3.63, 3.8) is 0 Å². The van der Waals surface area contributed by atoms with Gasteiger partial charge in [-0.2, -0.15) is 4.39 Å². The van der Waals surface area contributed by atoms with Gasteiger partial charge in [-0.05, 0) is 31.9 Å². The number of benzene rings is 1. The standard InChI is InChI=1S/C13H16FN3O3/c1-13(6-2-3-11(13)15)12(18)16-8-4-5-9(14)10(7-8)17(19)20/h4-5,7,11H,2-3,6,15H2,1H3,(H,16,18). The summed E-state index contributed by atoms with van der Waals surface area (Å²) < 4.78 is 13.2. The fourth-order valence-electron chi connectivity index (χ4n) is 2.48. The van der Waals surface area contributed by atoms with Crippen LogP contribution in [0.4, 0.5) is 15.8 Å². The van der Waals surface area contributed by atoms with Crippen LogP contribution >= 0.6 is 0 Å². The van der Waals surface area contributed by atoms with E-state index in [2.05, 4.69) is 5.32 Å². The van der Waals surface area contributed by atoms with Crippen molar-refractivity contribution in [2.75, 3.05) is 5.32 Å². The van der Waals surface area contributed by atoms with Crippen molar-refractivity contribution in [2.45, 2.75) is 32.2 Å². The van der Waals surface area contributed by atoms with Crippen molar-refractivity contribution in [3.8, 4) is 0 Å². The second-order valence-corrected chi connectivity index (χ2v) is 5.29. The van der Waals surface area contributed by atoms with E-state index in [0.717, 1.165) is 25.0 Å². The molecule has 1 aromatic carbocycles. The van der Waals surface area contributed by atoms with Gasteiger partial charge in [0, 0.05) is 17.8 Å². The van der Waals surface area contributed by atoms with Gasteiger partial charge in [0.1, 0.15) is 0 Å². The lowest BCUT2D eigenvalue weighted by Crippen LogP contribution is -2.44. The number of anilines is 1. The number of nitro groups is 1. The molecule has 108 valence electrons. The molecule has 0 aromatic heterocycles. The molecule has 6 nitrogen and oxygen atoms in total. The van der Waals surface area contributed by atoms with Gasteiger partial charge in [0.2, 0.25) is 11.7 Å². The molecule has 1 fully saturated rings. The van der Waals surface area contributed by atoms with Gasteiger partial charge >= 0.3 is 5.69 Å². The molecular weight excluding hydrogens is 265 g/mol. The van der Waals surface area contributed by atoms with Gasteiger partial charge in [-0.25, -0.2) is 0 Å². The summed E-state index contributed by atoms with van der Waals surface area (Å²) in [7, 11) is 0. The first kappa shape index (κ1) is 14.4. The quantitative estimate of drug-likeness (QED) is 0.655. The molecule has 1 aliphatic carbocycles. The number of nitrogens with two attached hydrogens (primary N) is 1. The second kappa shape index (κ2) is 5.16. The molecule has 0 spiro atoms. The van der Waals surface area contributed by atoms with E-state index in [9.17, 15) is 19.3 Å². The molecule has 3 N–H and O–H groups in total. The van der Waals surface area contributed by atoms with Crippen LogP contribution in [0.15, 0.2) is 18.2 Å². The third kappa shape index (κ3) is 2.49. The molecule has 1 aromatic rings. The average Bonchev–Trinajstić information content (AvgIpc) is 2.73. The maximum atomic E-state index is 13.2. The molecule has 0 radical (unpaired) electrons. The normalized spacial score (nSPS) is 25.4. The van der Waals surface area contributed by atoms with E-state index in [4.69, 9.17) is 5.73 Å². The van der Waals surface area contributed by atoms with E-state index in [1.165, 1.54) is 6.07 Å². The van der Waals surface area contributed by atoms with E-state index in [1.54, 1.807) is 6.92 Å². The van der Waals surface area contributed by atoms with Crippen LogP contribution in [0.3, 0.4) is 0 Å². The topological polar surface area (TPSA) is 98.3 Å². The SMILES string of the molecule is CC1(C(=O)Nc2ccc(F)c([N+](=O)[O-])c2)CCCC1N. The molecule has 1 aliphatic rings. The molecule has 2 rings (SSSR count). The van der Waals surface area contributed by atoms with Crippen molar-refractivity contribution in [3.05, 3.63) is 34.1 Å². The van der Waals surface area contributed by atoms with Crippen LogP contribution in [0.5, 0.6) is 0 Å². The van der Waals surface area contributed by atoms with Gasteiger partial charge in [-0.1, -0.05) is 6.42 Å². The van der Waals surface area contributed by atoms with E-state index < -0.39 is 21.8 Å². The maximum Gasteiger partial charge on any atom is 0.306 e. The number of nitro benzene ring substituents is 1. The van der Waals surface area contributed by atoms with Crippen LogP contribution < -0.4 is 11.1 Å². The van der Waals surface area contributed by atoms with E-state index >= 15 is 0 Å². The molecular formula is C13H16FN3O3. The fraction of sp³-hybridized carbons (Fsp3) is 0.462. The first-order chi connectivity index (χ1) is 9.34. The third-order valence-corrected chi connectivity index (χ3v) is 3.95. The highest BCUT2D eigenvalue weighted by Gasteiger charge is 2.43. The summed E-state index contributed by atoms with van der Waals surface area (Å²) in [6.07, 6.45) is 2.31.